The molecule has 9 rings (SSSR count). The summed E-state index contributed by atoms with van der Waals surface area (Å²) in [7, 11) is -3.96. The minimum atomic E-state index is -1.65. The van der Waals surface area contributed by atoms with Crippen LogP contribution in [0.2, 0.25) is 58.9 Å². The summed E-state index contributed by atoms with van der Waals surface area (Å²) in [4.78, 5) is 62.0. The van der Waals surface area contributed by atoms with Gasteiger partial charge in [-0.3, -0.25) is 9.59 Å². The van der Waals surface area contributed by atoms with E-state index in [1.165, 1.54) is 52.4 Å². The first-order valence-corrected chi connectivity index (χ1v) is 41.9. The fourth-order valence-electron chi connectivity index (χ4n) is 7.18. The molecule has 20 heteroatoms. The standard InChI is InChI=1S/C24H28O4SSi.C19H18O4S.C12H10O4.C7H8S.C5H10Si.C5H9Si.Li.H2S/c1-18-10-12-20(13-11-18)29-21-16-24(26,14-15-30(2,3)4)17-27-23(21)28-22(25)19-8-6-5-7-9-19;1-13-7-9-16(10-8-13)24-17-11-15(20)12-22-19(17)23-18(21)14-5-3-2-4-6-14;13-10-6-7-11(15-8-10)16-12(14)9-4-2-1-3-5-9;1-6-2-4-7(8)5-3-6;2*1-5-6(2,3)4;;/h5-13,21,23,26H,16-17H2,1-4H3;2-10,17,19H,11-12H2,1H3;1-7,11H,8H2;2-5,8H,1H3;1H,2-4H3;2-4H3;;1H2/q;;;;;-1;+1;/t21-,23+,24+;17-,19+;11-;;;;;/m110...../s1. The number of esters is 3. The Bertz CT molecular complexity index is 3380. The molecule has 6 aromatic carbocycles. The van der Waals surface area contributed by atoms with E-state index in [0.717, 1.165) is 14.7 Å². The first-order chi connectivity index (χ1) is 42.4. The van der Waals surface area contributed by atoms with Crippen molar-refractivity contribution in [2.75, 3.05) is 19.8 Å². The Labute approximate surface area is 581 Å². The van der Waals surface area contributed by atoms with Gasteiger partial charge in [-0.25, -0.2) is 14.4 Å². The summed E-state index contributed by atoms with van der Waals surface area (Å²) in [6.07, 6.45) is 13.0. The molecule has 3 aliphatic rings. The van der Waals surface area contributed by atoms with Gasteiger partial charge in [0.2, 0.25) is 18.9 Å². The van der Waals surface area contributed by atoms with E-state index in [1.54, 1.807) is 72.8 Å². The van der Waals surface area contributed by atoms with Crippen LogP contribution in [0, 0.1) is 56.2 Å². The molecule has 0 radical (unpaired) electrons. The zero-order valence-corrected chi connectivity index (χ0v) is 61.5. The van der Waals surface area contributed by atoms with E-state index in [-0.39, 0.29) is 74.2 Å². The third kappa shape index (κ3) is 33.7. The molecule has 2 saturated heterocycles. The zero-order chi connectivity index (χ0) is 66.5. The molecule has 6 atom stereocenters. The number of carbonyl (C=O) groups excluding carboxylic acids is 5. The van der Waals surface area contributed by atoms with Crippen LogP contribution in [-0.2, 0) is 38.0 Å². The van der Waals surface area contributed by atoms with E-state index >= 15 is 0 Å². The topological polar surface area (TPSA) is 161 Å². The molecule has 0 unspecified atom stereocenters. The Kier molecular flexibility index (Phi) is 36.5. The molecule has 482 valence electrons. The summed E-state index contributed by atoms with van der Waals surface area (Å²) in [5.74, 6) is 1.60. The van der Waals surface area contributed by atoms with Crippen molar-refractivity contribution >= 4 is 103 Å². The van der Waals surface area contributed by atoms with Crippen molar-refractivity contribution in [3.05, 3.63) is 216 Å². The van der Waals surface area contributed by atoms with Gasteiger partial charge in [0.25, 0.3) is 0 Å². The summed E-state index contributed by atoms with van der Waals surface area (Å²) in [6.45, 7) is 25.2. The number of thioether (sulfide) groups is 2. The van der Waals surface area contributed by atoms with Crippen LogP contribution in [0.15, 0.2) is 191 Å². The van der Waals surface area contributed by atoms with E-state index in [0.29, 0.717) is 29.5 Å². The minimum Gasteiger partial charge on any atom is -0.701 e. The quantitative estimate of drug-likeness (QED) is 0.0333. The molecule has 0 saturated carbocycles. The Hall–Kier alpha value is -6.02. The summed E-state index contributed by atoms with van der Waals surface area (Å²) < 4.78 is 32.6. The largest absolute Gasteiger partial charge is 1.00 e. The molecule has 0 spiro atoms. The normalized spacial score (nSPS) is 18.7. The van der Waals surface area contributed by atoms with Gasteiger partial charge in [0.15, 0.2) is 11.6 Å². The molecule has 3 heterocycles. The SMILES string of the molecule is C#C[Si](C)(C)C.Cc1ccc(S)cc1.Cc1ccc(S[C@@H]2CC(=O)CO[C@H]2OC(=O)c2ccccc2)cc1.Cc1ccc(S[C@@H]2C[C@@](O)(C#C[Si](C)(C)C)CO[C@H]2OC(=O)c2ccccc2)cc1.O=C1C=C[C@H](OC(=O)c2ccccc2)OC1.S.[C-]#C[Si](C)(C)C.[Li+]. The number of aliphatic hydroxyl groups is 1. The molecule has 12 nitrogen and oxygen atoms in total. The predicted molar refractivity (Wildman–Crippen MR) is 382 cm³/mol. The van der Waals surface area contributed by atoms with Crippen molar-refractivity contribution in [2.24, 2.45) is 0 Å². The predicted octanol–water partition coefficient (Wildman–Crippen LogP) is 12.0. The molecule has 1 N–H and O–H groups in total. The number of aryl methyl sites for hydroxylation is 3. The second-order valence-electron chi connectivity index (χ2n) is 24.2. The van der Waals surface area contributed by atoms with Crippen LogP contribution < -0.4 is 18.9 Å². The van der Waals surface area contributed by atoms with Crippen LogP contribution in [0.25, 0.3) is 0 Å². The van der Waals surface area contributed by atoms with Gasteiger partial charge in [-0.15, -0.1) is 53.7 Å². The Morgan fingerprint density at radius 1 is 0.587 bits per heavy atom. The van der Waals surface area contributed by atoms with Crippen LogP contribution in [0.5, 0.6) is 0 Å². The number of benzene rings is 6. The Balaban J connectivity index is 0.000000413. The second kappa shape index (κ2) is 40.9. The molecule has 0 aliphatic carbocycles. The van der Waals surface area contributed by atoms with Gasteiger partial charge in [0.05, 0.1) is 41.9 Å². The van der Waals surface area contributed by atoms with Crippen molar-refractivity contribution < 1.29 is 76.4 Å². The van der Waals surface area contributed by atoms with Gasteiger partial charge in [-0.2, -0.15) is 13.5 Å². The van der Waals surface area contributed by atoms with E-state index < -0.39 is 66.6 Å². The van der Waals surface area contributed by atoms with E-state index in [2.05, 4.69) is 101 Å². The molecule has 0 aromatic heterocycles. The minimum absolute atomic E-state index is 0. The molecule has 92 heavy (non-hydrogen) atoms. The first-order valence-electron chi connectivity index (χ1n) is 29.2. The van der Waals surface area contributed by atoms with Crippen LogP contribution in [-0.4, -0.2) is 114 Å². The summed E-state index contributed by atoms with van der Waals surface area (Å²) >= 11 is 7.17. The van der Waals surface area contributed by atoms with Crippen LogP contribution in [0.3, 0.4) is 0 Å². The molecular weight excluding hydrogens is 1280 g/mol. The van der Waals surface area contributed by atoms with E-state index in [4.69, 9.17) is 41.3 Å². The van der Waals surface area contributed by atoms with Crippen LogP contribution >= 0.6 is 49.6 Å². The maximum absolute atomic E-state index is 12.6. The molecule has 0 amide bonds. The van der Waals surface area contributed by atoms with E-state index in [1.807, 2.05) is 105 Å². The number of terminal acetylenes is 1. The van der Waals surface area contributed by atoms with Gasteiger partial charge in [0, 0.05) is 27.5 Å². The average Bonchev–Trinajstić information content (AvgIpc) is 0.877. The molecule has 0 bridgehead atoms. The molecule has 2 fully saturated rings. The molecule has 6 aromatic rings. The fourth-order valence-corrected chi connectivity index (χ4v) is 10.3. The number of hydrogen-bond acceptors (Lipinski definition) is 15. The fraction of sp³-hybridized carbons (Fsp3) is 0.319. The number of Topliss-reactive ketones (excluding diaryl/α,β-unsaturated/α-hetero) is 1. The monoisotopic (exact) mass is 1360 g/mol. The van der Waals surface area contributed by atoms with Gasteiger partial charge in [0.1, 0.15) is 35.0 Å². The summed E-state index contributed by atoms with van der Waals surface area (Å²) in [5.41, 5.74) is 12.2. The van der Waals surface area contributed by atoms with E-state index in [9.17, 15) is 29.1 Å². The number of hydrogen-bond donors (Lipinski definition) is 2. The van der Waals surface area contributed by atoms with Crippen molar-refractivity contribution in [1.82, 2.24) is 0 Å². The number of ketones is 2. The summed E-state index contributed by atoms with van der Waals surface area (Å²) in [6, 6.07) is 50.4. The molecule has 3 aliphatic heterocycles. The average molecular weight is 1360 g/mol. The second-order valence-corrected chi connectivity index (χ2v) is 41.6. The van der Waals surface area contributed by atoms with Gasteiger partial charge < -0.3 is 45.5 Å². The maximum Gasteiger partial charge on any atom is 1.00 e. The molecular formula is C72H85LiO12S4Si3. The maximum atomic E-state index is 12.6. The number of rotatable bonds is 10. The zero-order valence-electron chi connectivity index (χ0n) is 54.9. The van der Waals surface area contributed by atoms with Gasteiger partial charge in [-0.1, -0.05) is 173 Å². The van der Waals surface area contributed by atoms with Crippen molar-refractivity contribution in [3.63, 3.8) is 0 Å². The smallest absolute Gasteiger partial charge is 0.701 e. The van der Waals surface area contributed by atoms with Crippen molar-refractivity contribution in [2.45, 2.75) is 142 Å². The van der Waals surface area contributed by atoms with Crippen LogP contribution in [0.4, 0.5) is 0 Å². The van der Waals surface area contributed by atoms with Crippen molar-refractivity contribution in [1.29, 1.82) is 0 Å². The first kappa shape index (κ1) is 82.1. The van der Waals surface area contributed by atoms with Gasteiger partial charge in [-0.05, 0) is 106 Å². The third-order valence-corrected chi connectivity index (χ3v) is 17.4. The Morgan fingerprint density at radius 2 is 0.978 bits per heavy atom. The van der Waals surface area contributed by atoms with Gasteiger partial charge >= 0.3 is 36.8 Å². The third-order valence-electron chi connectivity index (χ3n) is 12.1. The number of thiol groups is 1. The summed E-state index contributed by atoms with van der Waals surface area (Å²) in [5, 5.41) is 10.5. The Morgan fingerprint density at radius 3 is 1.35 bits per heavy atom. The van der Waals surface area contributed by atoms with Crippen molar-refractivity contribution in [3.8, 4) is 29.0 Å². The van der Waals surface area contributed by atoms with Crippen LogP contribution in [0.1, 0.15) is 60.6 Å². The number of carbonyl (C=O) groups is 5. The number of ether oxygens (including phenoxy) is 6.